The molecule has 0 aliphatic heterocycles. The fourth-order valence-electron chi connectivity index (χ4n) is 2.39. The molecular formula is C21H21NO. The summed E-state index contributed by atoms with van der Waals surface area (Å²) in [4.78, 5) is 4.57. The van der Waals surface area contributed by atoms with Gasteiger partial charge in [-0.2, -0.15) is 0 Å². The van der Waals surface area contributed by atoms with Gasteiger partial charge in [-0.15, -0.1) is 0 Å². The van der Waals surface area contributed by atoms with E-state index >= 15 is 0 Å². The first kappa shape index (κ1) is 15.3. The summed E-state index contributed by atoms with van der Waals surface area (Å²) in [5, 5.41) is 2.45. The summed E-state index contributed by atoms with van der Waals surface area (Å²) in [5.41, 5.74) is 2.04. The summed E-state index contributed by atoms with van der Waals surface area (Å²) in [6, 6.07) is 22.6. The van der Waals surface area contributed by atoms with E-state index < -0.39 is 0 Å². The predicted octanol–water partition coefficient (Wildman–Crippen LogP) is 5.77. The van der Waals surface area contributed by atoms with Gasteiger partial charge in [0.05, 0.1) is 12.3 Å². The molecule has 0 spiro atoms. The molecule has 0 saturated heterocycles. The molecule has 0 atom stereocenters. The second-order valence-electron chi connectivity index (χ2n) is 5.56. The van der Waals surface area contributed by atoms with Crippen molar-refractivity contribution in [1.82, 2.24) is 0 Å². The van der Waals surface area contributed by atoms with Crippen molar-refractivity contribution in [3.63, 3.8) is 0 Å². The highest BCUT2D eigenvalue weighted by atomic mass is 16.5. The second kappa shape index (κ2) is 7.59. The first-order valence-electron chi connectivity index (χ1n) is 8.11. The monoisotopic (exact) mass is 303 g/mol. The van der Waals surface area contributed by atoms with E-state index in [1.54, 1.807) is 0 Å². The third-order valence-corrected chi connectivity index (χ3v) is 3.74. The minimum atomic E-state index is 0.779. The minimum Gasteiger partial charge on any atom is -0.494 e. The molecule has 0 radical (unpaired) electrons. The lowest BCUT2D eigenvalue weighted by molar-refractivity contribution is 0.309. The molecule has 0 N–H and O–H groups in total. The molecule has 0 amide bonds. The Bertz CT molecular complexity index is 790. The van der Waals surface area contributed by atoms with E-state index in [1.165, 1.54) is 10.8 Å². The first-order chi connectivity index (χ1) is 11.3. The number of ether oxygens (including phenoxy) is 1. The van der Waals surface area contributed by atoms with Crippen LogP contribution in [0.25, 0.3) is 10.8 Å². The van der Waals surface area contributed by atoms with Gasteiger partial charge in [0.25, 0.3) is 0 Å². The van der Waals surface area contributed by atoms with Crippen molar-refractivity contribution >= 4 is 22.7 Å². The standard InChI is InChI=1S/C21H21NO/c1-2-3-14-23-21-12-8-17(9-13-21)16-22-20-11-10-18-6-4-5-7-19(18)15-20/h4-13,15-16H,2-3,14H2,1H3. The zero-order valence-electron chi connectivity index (χ0n) is 13.4. The highest BCUT2D eigenvalue weighted by molar-refractivity contribution is 5.87. The van der Waals surface area contributed by atoms with Crippen LogP contribution in [0.1, 0.15) is 25.3 Å². The maximum absolute atomic E-state index is 5.67. The van der Waals surface area contributed by atoms with Crippen LogP contribution in [0.4, 0.5) is 5.69 Å². The molecule has 23 heavy (non-hydrogen) atoms. The number of aliphatic imine (C=N–C) groups is 1. The van der Waals surface area contributed by atoms with Crippen molar-refractivity contribution in [2.75, 3.05) is 6.61 Å². The molecule has 0 unspecified atom stereocenters. The Hall–Kier alpha value is -2.61. The maximum Gasteiger partial charge on any atom is 0.119 e. The Labute approximate surface area is 137 Å². The molecule has 3 aromatic carbocycles. The Morgan fingerprint density at radius 1 is 0.913 bits per heavy atom. The van der Waals surface area contributed by atoms with Crippen molar-refractivity contribution in [2.45, 2.75) is 19.8 Å². The van der Waals surface area contributed by atoms with Crippen LogP contribution in [-0.2, 0) is 0 Å². The Kier molecular flexibility index (Phi) is 5.05. The predicted molar refractivity (Wildman–Crippen MR) is 98.0 cm³/mol. The van der Waals surface area contributed by atoms with Crippen molar-refractivity contribution < 1.29 is 4.74 Å². The molecule has 0 heterocycles. The number of hydrogen-bond donors (Lipinski definition) is 0. The van der Waals surface area contributed by atoms with Crippen LogP contribution in [0, 0.1) is 0 Å². The number of unbranched alkanes of at least 4 members (excludes halogenated alkanes) is 1. The molecule has 2 heteroatoms. The third kappa shape index (κ3) is 4.19. The van der Waals surface area contributed by atoms with Crippen molar-refractivity contribution in [3.8, 4) is 5.75 Å². The Balaban J connectivity index is 1.68. The molecule has 0 saturated carbocycles. The smallest absolute Gasteiger partial charge is 0.119 e. The van der Waals surface area contributed by atoms with Gasteiger partial charge in [0.15, 0.2) is 0 Å². The van der Waals surface area contributed by atoms with Gasteiger partial charge < -0.3 is 4.74 Å². The van der Waals surface area contributed by atoms with E-state index in [2.05, 4.69) is 42.2 Å². The lowest BCUT2D eigenvalue weighted by atomic mass is 10.1. The van der Waals surface area contributed by atoms with Crippen LogP contribution in [0.2, 0.25) is 0 Å². The molecule has 116 valence electrons. The lowest BCUT2D eigenvalue weighted by Gasteiger charge is -2.05. The van der Waals surface area contributed by atoms with Crippen LogP contribution < -0.4 is 4.74 Å². The Morgan fingerprint density at radius 2 is 1.70 bits per heavy atom. The average molecular weight is 303 g/mol. The molecule has 3 aromatic rings. The van der Waals surface area contributed by atoms with Crippen LogP contribution in [0.3, 0.4) is 0 Å². The van der Waals surface area contributed by atoms with Crippen LogP contribution in [0.5, 0.6) is 5.75 Å². The van der Waals surface area contributed by atoms with E-state index in [-0.39, 0.29) is 0 Å². The van der Waals surface area contributed by atoms with Crippen LogP contribution in [-0.4, -0.2) is 12.8 Å². The van der Waals surface area contributed by atoms with Crippen molar-refractivity contribution in [3.05, 3.63) is 72.3 Å². The molecule has 0 aromatic heterocycles. The Morgan fingerprint density at radius 3 is 2.48 bits per heavy atom. The quantitative estimate of drug-likeness (QED) is 0.418. The highest BCUT2D eigenvalue weighted by Gasteiger charge is 1.96. The highest BCUT2D eigenvalue weighted by Crippen LogP contribution is 2.21. The van der Waals surface area contributed by atoms with Gasteiger partial charge in [-0.3, -0.25) is 4.99 Å². The van der Waals surface area contributed by atoms with Gasteiger partial charge in [0.2, 0.25) is 0 Å². The van der Waals surface area contributed by atoms with E-state index in [9.17, 15) is 0 Å². The largest absolute Gasteiger partial charge is 0.494 e. The number of nitrogens with zero attached hydrogens (tertiary/aromatic N) is 1. The number of hydrogen-bond acceptors (Lipinski definition) is 2. The van der Waals surface area contributed by atoms with Gasteiger partial charge >= 0.3 is 0 Å². The summed E-state index contributed by atoms with van der Waals surface area (Å²) in [5.74, 6) is 0.918. The summed E-state index contributed by atoms with van der Waals surface area (Å²) >= 11 is 0. The van der Waals surface area contributed by atoms with E-state index in [1.807, 2.05) is 42.6 Å². The number of rotatable bonds is 6. The summed E-state index contributed by atoms with van der Waals surface area (Å²) < 4.78 is 5.67. The number of benzene rings is 3. The molecule has 0 aliphatic carbocycles. The number of fused-ring (bicyclic) bond motifs is 1. The van der Waals surface area contributed by atoms with Crippen LogP contribution in [0.15, 0.2) is 71.7 Å². The third-order valence-electron chi connectivity index (χ3n) is 3.74. The molecule has 3 rings (SSSR count). The summed E-state index contributed by atoms with van der Waals surface area (Å²) in [7, 11) is 0. The topological polar surface area (TPSA) is 21.6 Å². The van der Waals surface area contributed by atoms with Crippen molar-refractivity contribution in [2.24, 2.45) is 4.99 Å². The fourth-order valence-corrected chi connectivity index (χ4v) is 2.39. The van der Waals surface area contributed by atoms with E-state index in [4.69, 9.17) is 4.74 Å². The van der Waals surface area contributed by atoms with E-state index in [0.717, 1.165) is 36.4 Å². The molecule has 0 bridgehead atoms. The normalized spacial score (nSPS) is 11.2. The van der Waals surface area contributed by atoms with Crippen molar-refractivity contribution in [1.29, 1.82) is 0 Å². The molecule has 0 aliphatic rings. The SMILES string of the molecule is CCCCOc1ccc(C=Nc2ccc3ccccc3c2)cc1. The molecular weight excluding hydrogens is 282 g/mol. The zero-order valence-corrected chi connectivity index (χ0v) is 13.4. The second-order valence-corrected chi connectivity index (χ2v) is 5.56. The van der Waals surface area contributed by atoms with Crippen LogP contribution >= 0.6 is 0 Å². The van der Waals surface area contributed by atoms with Gasteiger partial charge in [0, 0.05) is 6.21 Å². The van der Waals surface area contributed by atoms with Gasteiger partial charge in [-0.25, -0.2) is 0 Å². The van der Waals surface area contributed by atoms with Gasteiger partial charge in [-0.05, 0) is 59.2 Å². The zero-order chi connectivity index (χ0) is 15.9. The average Bonchev–Trinajstić information content (AvgIpc) is 2.61. The summed E-state index contributed by atoms with van der Waals surface area (Å²) in [6.07, 6.45) is 4.13. The first-order valence-corrected chi connectivity index (χ1v) is 8.11. The lowest BCUT2D eigenvalue weighted by Crippen LogP contribution is -1.96. The maximum atomic E-state index is 5.67. The minimum absolute atomic E-state index is 0.779. The molecule has 2 nitrogen and oxygen atoms in total. The van der Waals surface area contributed by atoms with E-state index in [0.29, 0.717) is 0 Å². The van der Waals surface area contributed by atoms with Gasteiger partial charge in [-0.1, -0.05) is 43.7 Å². The van der Waals surface area contributed by atoms with Gasteiger partial charge in [0.1, 0.15) is 5.75 Å². The molecule has 0 fully saturated rings. The summed E-state index contributed by atoms with van der Waals surface area (Å²) in [6.45, 7) is 2.94. The fraction of sp³-hybridized carbons (Fsp3) is 0.190.